The zero-order valence-electron chi connectivity index (χ0n) is 10.5. The lowest BCUT2D eigenvalue weighted by molar-refractivity contribution is -0.0251. The van der Waals surface area contributed by atoms with Gasteiger partial charge in [-0.25, -0.2) is 0 Å². The monoisotopic (exact) mass is 248 g/mol. The first-order valence-electron chi connectivity index (χ1n) is 6.45. The van der Waals surface area contributed by atoms with Gasteiger partial charge in [0, 0.05) is 25.0 Å². The molecule has 0 saturated carbocycles. The van der Waals surface area contributed by atoms with Crippen LogP contribution >= 0.6 is 11.6 Å². The minimum Gasteiger partial charge on any atom is -0.374 e. The van der Waals surface area contributed by atoms with E-state index in [-0.39, 0.29) is 0 Å². The van der Waals surface area contributed by atoms with Gasteiger partial charge >= 0.3 is 0 Å². The van der Waals surface area contributed by atoms with Crippen molar-refractivity contribution in [1.29, 1.82) is 0 Å². The van der Waals surface area contributed by atoms with E-state index in [9.17, 15) is 0 Å². The number of nitrogens with one attached hydrogen (secondary N) is 1. The average Bonchev–Trinajstić information content (AvgIpc) is 2.34. The summed E-state index contributed by atoms with van der Waals surface area (Å²) in [7, 11) is 0. The van der Waals surface area contributed by atoms with E-state index in [1.807, 2.05) is 0 Å². The van der Waals surface area contributed by atoms with Crippen molar-refractivity contribution in [2.24, 2.45) is 0 Å². The Morgan fingerprint density at radius 2 is 2.31 bits per heavy atom. The van der Waals surface area contributed by atoms with Crippen LogP contribution in [0.1, 0.15) is 26.7 Å². The van der Waals surface area contributed by atoms with Crippen LogP contribution in [-0.4, -0.2) is 55.7 Å². The molecule has 1 N–H and O–H groups in total. The third-order valence-corrected chi connectivity index (χ3v) is 3.65. The Labute approximate surface area is 104 Å². The summed E-state index contributed by atoms with van der Waals surface area (Å²) in [4.78, 5) is 2.44. The summed E-state index contributed by atoms with van der Waals surface area (Å²) < 4.78 is 5.71. The second-order valence-electron chi connectivity index (χ2n) is 4.38. The molecule has 1 heterocycles. The molecule has 2 atom stereocenters. The highest BCUT2D eigenvalue weighted by Gasteiger charge is 2.18. The standard InChI is InChI=1S/C12H25ClN2O/c1-3-11(13)5-6-14-9-12-10-15(4-2)7-8-16-12/h11-12,14H,3-10H2,1-2H3. The third-order valence-electron chi connectivity index (χ3n) is 3.12. The first-order chi connectivity index (χ1) is 7.76. The Balaban J connectivity index is 2.04. The third kappa shape index (κ3) is 5.48. The first kappa shape index (κ1) is 14.2. The predicted molar refractivity (Wildman–Crippen MR) is 69.3 cm³/mol. The molecular weight excluding hydrogens is 224 g/mol. The maximum atomic E-state index is 6.05. The van der Waals surface area contributed by atoms with Crippen molar-refractivity contribution in [3.8, 4) is 0 Å². The molecule has 0 bridgehead atoms. The van der Waals surface area contributed by atoms with Crippen molar-refractivity contribution in [3.05, 3.63) is 0 Å². The van der Waals surface area contributed by atoms with Gasteiger partial charge in [0.25, 0.3) is 0 Å². The van der Waals surface area contributed by atoms with Gasteiger partial charge in [-0.2, -0.15) is 0 Å². The number of nitrogens with zero attached hydrogens (tertiary/aromatic N) is 1. The van der Waals surface area contributed by atoms with Crippen LogP contribution in [0.2, 0.25) is 0 Å². The normalized spacial score (nSPS) is 24.6. The summed E-state index contributed by atoms with van der Waals surface area (Å²) in [5.41, 5.74) is 0. The van der Waals surface area contributed by atoms with Crippen LogP contribution in [0.5, 0.6) is 0 Å². The van der Waals surface area contributed by atoms with Gasteiger partial charge in [0.15, 0.2) is 0 Å². The minimum atomic E-state index is 0.312. The number of hydrogen-bond acceptors (Lipinski definition) is 3. The minimum absolute atomic E-state index is 0.312. The van der Waals surface area contributed by atoms with Gasteiger partial charge in [-0.1, -0.05) is 13.8 Å². The maximum absolute atomic E-state index is 6.05. The van der Waals surface area contributed by atoms with E-state index < -0.39 is 0 Å². The Hall–Kier alpha value is 0.170. The molecule has 16 heavy (non-hydrogen) atoms. The van der Waals surface area contributed by atoms with E-state index in [1.165, 1.54) is 0 Å². The van der Waals surface area contributed by atoms with Gasteiger partial charge in [0.2, 0.25) is 0 Å². The zero-order valence-corrected chi connectivity index (χ0v) is 11.3. The Kier molecular flexibility index (Phi) is 7.37. The van der Waals surface area contributed by atoms with Crippen LogP contribution in [0.25, 0.3) is 0 Å². The van der Waals surface area contributed by atoms with E-state index in [0.717, 1.165) is 52.2 Å². The molecule has 0 aromatic heterocycles. The van der Waals surface area contributed by atoms with E-state index in [2.05, 4.69) is 24.1 Å². The van der Waals surface area contributed by atoms with Crippen molar-refractivity contribution in [3.63, 3.8) is 0 Å². The summed E-state index contributed by atoms with van der Waals surface area (Å²) >= 11 is 6.05. The summed E-state index contributed by atoms with van der Waals surface area (Å²) in [6.45, 7) is 10.4. The number of rotatable bonds is 7. The lowest BCUT2D eigenvalue weighted by Gasteiger charge is -2.32. The summed E-state index contributed by atoms with van der Waals surface area (Å²) in [6.07, 6.45) is 2.44. The highest BCUT2D eigenvalue weighted by molar-refractivity contribution is 6.20. The van der Waals surface area contributed by atoms with Crippen LogP contribution < -0.4 is 5.32 Å². The lowest BCUT2D eigenvalue weighted by Crippen LogP contribution is -2.46. The Bertz CT molecular complexity index is 180. The number of alkyl halides is 1. The van der Waals surface area contributed by atoms with Gasteiger partial charge in [0.1, 0.15) is 0 Å². The quantitative estimate of drug-likeness (QED) is 0.548. The average molecular weight is 249 g/mol. The fourth-order valence-electron chi connectivity index (χ4n) is 1.92. The number of ether oxygens (including phenoxy) is 1. The number of hydrogen-bond donors (Lipinski definition) is 1. The van der Waals surface area contributed by atoms with Crippen molar-refractivity contribution in [2.75, 3.05) is 39.3 Å². The van der Waals surface area contributed by atoms with Crippen LogP contribution in [0.4, 0.5) is 0 Å². The molecule has 4 heteroatoms. The fraction of sp³-hybridized carbons (Fsp3) is 1.00. The summed E-state index contributed by atoms with van der Waals surface area (Å²) in [5.74, 6) is 0. The number of likely N-dealkylation sites (N-methyl/N-ethyl adjacent to an activating group) is 1. The second kappa shape index (κ2) is 8.29. The molecule has 0 aromatic carbocycles. The van der Waals surface area contributed by atoms with E-state index in [0.29, 0.717) is 11.5 Å². The zero-order chi connectivity index (χ0) is 11.8. The van der Waals surface area contributed by atoms with Gasteiger partial charge in [-0.3, -0.25) is 4.90 Å². The van der Waals surface area contributed by atoms with Crippen molar-refractivity contribution >= 4 is 11.6 Å². The molecular formula is C12H25ClN2O. The van der Waals surface area contributed by atoms with Crippen molar-refractivity contribution < 1.29 is 4.74 Å². The SMILES string of the molecule is CCC(Cl)CCNCC1CN(CC)CCO1. The first-order valence-corrected chi connectivity index (χ1v) is 6.88. The molecule has 0 aromatic rings. The molecule has 96 valence electrons. The maximum Gasteiger partial charge on any atom is 0.0826 e. The molecule has 1 fully saturated rings. The fourth-order valence-corrected chi connectivity index (χ4v) is 2.03. The summed E-state index contributed by atoms with van der Waals surface area (Å²) in [6, 6.07) is 0. The predicted octanol–water partition coefficient (Wildman–Crippen LogP) is 1.70. The van der Waals surface area contributed by atoms with Crippen LogP contribution in [0, 0.1) is 0 Å². The largest absolute Gasteiger partial charge is 0.374 e. The van der Waals surface area contributed by atoms with Crippen LogP contribution in [-0.2, 0) is 4.74 Å². The van der Waals surface area contributed by atoms with Crippen molar-refractivity contribution in [1.82, 2.24) is 10.2 Å². The lowest BCUT2D eigenvalue weighted by atomic mass is 10.2. The number of halogens is 1. The highest BCUT2D eigenvalue weighted by atomic mass is 35.5. The second-order valence-corrected chi connectivity index (χ2v) is 5.00. The van der Waals surface area contributed by atoms with Gasteiger partial charge in [-0.15, -0.1) is 11.6 Å². The molecule has 0 amide bonds. The molecule has 1 aliphatic rings. The number of morpholine rings is 1. The van der Waals surface area contributed by atoms with E-state index in [1.54, 1.807) is 0 Å². The molecule has 3 nitrogen and oxygen atoms in total. The molecule has 0 spiro atoms. The molecule has 1 rings (SSSR count). The van der Waals surface area contributed by atoms with Crippen LogP contribution in [0.15, 0.2) is 0 Å². The van der Waals surface area contributed by atoms with E-state index >= 15 is 0 Å². The van der Waals surface area contributed by atoms with Crippen LogP contribution in [0.3, 0.4) is 0 Å². The molecule has 1 saturated heterocycles. The molecule has 0 aliphatic carbocycles. The highest BCUT2D eigenvalue weighted by Crippen LogP contribution is 2.06. The Morgan fingerprint density at radius 1 is 1.50 bits per heavy atom. The topological polar surface area (TPSA) is 24.5 Å². The summed E-state index contributed by atoms with van der Waals surface area (Å²) in [5, 5.41) is 3.74. The molecule has 1 aliphatic heterocycles. The van der Waals surface area contributed by atoms with Gasteiger partial charge in [0.05, 0.1) is 12.7 Å². The van der Waals surface area contributed by atoms with E-state index in [4.69, 9.17) is 16.3 Å². The van der Waals surface area contributed by atoms with Gasteiger partial charge < -0.3 is 10.1 Å². The van der Waals surface area contributed by atoms with Gasteiger partial charge in [-0.05, 0) is 25.9 Å². The van der Waals surface area contributed by atoms with Crippen molar-refractivity contribution in [2.45, 2.75) is 38.2 Å². The smallest absolute Gasteiger partial charge is 0.0826 e. The molecule has 2 unspecified atom stereocenters. The Morgan fingerprint density at radius 3 is 3.00 bits per heavy atom. The molecule has 0 radical (unpaired) electrons.